The molecule has 1 N–H and O–H groups in total. The molecule has 3 aromatic heterocycles. The number of phenols is 1. The molecule has 5 nitrogen and oxygen atoms in total. The minimum atomic E-state index is -0.0407. The Labute approximate surface area is 247 Å². The Morgan fingerprint density at radius 2 is 1.40 bits per heavy atom. The van der Waals surface area contributed by atoms with Gasteiger partial charge in [-0.3, -0.25) is 4.40 Å². The molecule has 6 heteroatoms. The molecule has 0 saturated heterocycles. The topological polar surface area (TPSA) is 55.4 Å². The van der Waals surface area contributed by atoms with Crippen LogP contribution in [-0.4, -0.2) is 24.0 Å². The number of para-hydroxylation sites is 4. The van der Waals surface area contributed by atoms with Gasteiger partial charge in [-0.05, 0) is 53.4 Å². The average Bonchev–Trinajstić information content (AvgIpc) is 3.48. The number of phenolic OH excluding ortho intramolecular Hbond substituents is 1. The Morgan fingerprint density at radius 3 is 2.15 bits per heavy atom. The van der Waals surface area contributed by atoms with Crippen LogP contribution in [0.2, 0.25) is 0 Å². The normalized spacial score (nSPS) is 11.8. The number of aromatic hydroxyl groups is 1. The maximum Gasteiger partial charge on any atom is 0.218 e. The fourth-order valence-corrected chi connectivity index (χ4v) is 5.33. The number of aromatic nitrogens is 4. The zero-order chi connectivity index (χ0) is 26.7. The summed E-state index contributed by atoms with van der Waals surface area (Å²) in [6.07, 6.45) is 0. The molecule has 0 amide bonds. The summed E-state index contributed by atoms with van der Waals surface area (Å²) in [6, 6.07) is 37.6. The predicted octanol–water partition coefficient (Wildman–Crippen LogP) is 7.96. The summed E-state index contributed by atoms with van der Waals surface area (Å²) >= 11 is 0. The average molecular weight is 703 g/mol. The summed E-state index contributed by atoms with van der Waals surface area (Å²) in [5.41, 5.74) is 9.29. The third-order valence-corrected chi connectivity index (χ3v) is 7.33. The molecular weight excluding hydrogens is 675 g/mol. The maximum absolute atomic E-state index is 10.7. The van der Waals surface area contributed by atoms with Crippen LogP contribution in [0.5, 0.6) is 5.75 Å². The van der Waals surface area contributed by atoms with E-state index in [4.69, 9.17) is 9.97 Å². The van der Waals surface area contributed by atoms with E-state index < -0.39 is 0 Å². The summed E-state index contributed by atoms with van der Waals surface area (Å²) in [4.78, 5) is 10.2. The minimum Gasteiger partial charge on any atom is -0.507 e. The molecule has 0 saturated carbocycles. The van der Waals surface area contributed by atoms with Crippen LogP contribution in [0, 0.1) is 6.07 Å². The zero-order valence-electron chi connectivity index (χ0n) is 22.4. The summed E-state index contributed by atoms with van der Waals surface area (Å²) in [5.74, 6) is 1.05. The number of fused-ring (bicyclic) bond motifs is 5. The van der Waals surface area contributed by atoms with E-state index in [2.05, 4.69) is 78.3 Å². The molecule has 7 aromatic rings. The van der Waals surface area contributed by atoms with Gasteiger partial charge in [0.25, 0.3) is 0 Å². The molecule has 0 spiro atoms. The van der Waals surface area contributed by atoms with E-state index in [-0.39, 0.29) is 32.2 Å². The van der Waals surface area contributed by atoms with Gasteiger partial charge >= 0.3 is 0 Å². The second-order valence-electron chi connectivity index (χ2n) is 10.9. The Kier molecular flexibility index (Phi) is 6.35. The molecule has 40 heavy (non-hydrogen) atoms. The van der Waals surface area contributed by atoms with Crippen LogP contribution in [0.3, 0.4) is 0 Å². The summed E-state index contributed by atoms with van der Waals surface area (Å²) in [5, 5.41) is 10.7. The zero-order valence-corrected chi connectivity index (χ0v) is 24.6. The molecule has 200 valence electrons. The van der Waals surface area contributed by atoms with E-state index in [1.54, 1.807) is 6.07 Å². The van der Waals surface area contributed by atoms with Gasteiger partial charge in [-0.1, -0.05) is 62.9 Å². The number of nitrogens with zero attached hydrogens (tertiary/aromatic N) is 4. The van der Waals surface area contributed by atoms with Gasteiger partial charge in [-0.15, -0.1) is 6.07 Å². The van der Waals surface area contributed by atoms with Crippen LogP contribution in [0.15, 0.2) is 103 Å². The standard InChI is InChI=1S/C34H27N4O.Pt/c1-34(2,3)22-19-20-31(39)25(21-22)27-15-10-14-26(35-27)24-13-9-18-30-32(24)36-33-37(23-11-5-4-6-12-23)28-16-7-8-17-29(28)38(30)33;/h4-11,13-21,39H,1-3H3;/q-1;. The molecular formula is C34H27N4OPt-. The van der Waals surface area contributed by atoms with Crippen molar-refractivity contribution in [1.29, 1.82) is 0 Å². The first kappa shape index (κ1) is 26.0. The fraction of sp³-hybridized carbons (Fsp3) is 0.118. The molecule has 0 unspecified atom stereocenters. The Hall–Kier alpha value is -4.21. The Balaban J connectivity index is 0.00000289. The van der Waals surface area contributed by atoms with E-state index in [1.165, 1.54) is 0 Å². The maximum atomic E-state index is 10.7. The monoisotopic (exact) mass is 702 g/mol. The van der Waals surface area contributed by atoms with Crippen LogP contribution >= 0.6 is 0 Å². The molecule has 0 bridgehead atoms. The summed E-state index contributed by atoms with van der Waals surface area (Å²) in [7, 11) is 0. The van der Waals surface area contributed by atoms with E-state index in [9.17, 15) is 5.11 Å². The minimum absolute atomic E-state index is 0. The molecule has 0 fully saturated rings. The van der Waals surface area contributed by atoms with Crippen molar-refractivity contribution in [1.82, 2.24) is 18.9 Å². The molecule has 0 aliphatic carbocycles. The number of pyridine rings is 1. The first-order valence-corrected chi connectivity index (χ1v) is 13.1. The van der Waals surface area contributed by atoms with Gasteiger partial charge in [0.15, 0.2) is 0 Å². The third kappa shape index (κ3) is 4.13. The van der Waals surface area contributed by atoms with Crippen molar-refractivity contribution in [2.24, 2.45) is 0 Å². The van der Waals surface area contributed by atoms with Crippen molar-refractivity contribution in [2.45, 2.75) is 26.2 Å². The van der Waals surface area contributed by atoms with Crippen molar-refractivity contribution in [2.75, 3.05) is 0 Å². The summed E-state index contributed by atoms with van der Waals surface area (Å²) < 4.78 is 4.36. The van der Waals surface area contributed by atoms with Gasteiger partial charge in [0.1, 0.15) is 11.3 Å². The largest absolute Gasteiger partial charge is 0.507 e. The molecule has 4 aromatic carbocycles. The number of benzene rings is 4. The van der Waals surface area contributed by atoms with Gasteiger partial charge in [-0.25, -0.2) is 9.97 Å². The quantitative estimate of drug-likeness (QED) is 0.190. The van der Waals surface area contributed by atoms with Crippen LogP contribution < -0.4 is 0 Å². The Bertz CT molecular complexity index is 2020. The predicted molar refractivity (Wildman–Crippen MR) is 157 cm³/mol. The first-order valence-electron chi connectivity index (χ1n) is 13.1. The van der Waals surface area contributed by atoms with Gasteiger partial charge < -0.3 is 9.67 Å². The third-order valence-electron chi connectivity index (χ3n) is 7.33. The van der Waals surface area contributed by atoms with Crippen LogP contribution in [0.25, 0.3) is 56.0 Å². The molecule has 0 aliphatic heterocycles. The SMILES string of the molecule is CC(C)(C)c1ccc(O)c(-c2cccc(-c3cccc4c3nc3n(-c5[c-]cccc5)c5ccccc5n43)n2)c1.[Pt]. The van der Waals surface area contributed by atoms with Gasteiger partial charge in [-0.2, -0.15) is 24.3 Å². The number of hydrogen-bond acceptors (Lipinski definition) is 3. The van der Waals surface area contributed by atoms with E-state index in [1.807, 2.05) is 54.6 Å². The number of rotatable bonds is 3. The first-order chi connectivity index (χ1) is 18.9. The molecule has 0 aliphatic rings. The van der Waals surface area contributed by atoms with Gasteiger partial charge in [0, 0.05) is 32.2 Å². The smallest absolute Gasteiger partial charge is 0.218 e. The van der Waals surface area contributed by atoms with Crippen LogP contribution in [0.4, 0.5) is 0 Å². The van der Waals surface area contributed by atoms with Crippen LogP contribution in [-0.2, 0) is 26.5 Å². The fourth-order valence-electron chi connectivity index (χ4n) is 5.33. The van der Waals surface area contributed by atoms with Crippen molar-refractivity contribution < 1.29 is 26.2 Å². The van der Waals surface area contributed by atoms with Crippen molar-refractivity contribution in [3.8, 4) is 34.0 Å². The van der Waals surface area contributed by atoms with E-state index in [0.29, 0.717) is 0 Å². The second kappa shape index (κ2) is 9.76. The van der Waals surface area contributed by atoms with E-state index >= 15 is 0 Å². The van der Waals surface area contributed by atoms with Crippen molar-refractivity contribution in [3.05, 3.63) is 115 Å². The molecule has 0 radical (unpaired) electrons. The van der Waals surface area contributed by atoms with Gasteiger partial charge in [0.2, 0.25) is 5.78 Å². The molecule has 3 heterocycles. The van der Waals surface area contributed by atoms with Gasteiger partial charge in [0.05, 0.1) is 27.9 Å². The summed E-state index contributed by atoms with van der Waals surface area (Å²) in [6.45, 7) is 6.50. The van der Waals surface area contributed by atoms with Crippen molar-refractivity contribution >= 4 is 27.8 Å². The van der Waals surface area contributed by atoms with E-state index in [0.717, 1.165) is 61.6 Å². The number of imidazole rings is 2. The number of hydrogen-bond donors (Lipinski definition) is 1. The van der Waals surface area contributed by atoms with Crippen molar-refractivity contribution in [3.63, 3.8) is 0 Å². The molecule has 0 atom stereocenters. The Morgan fingerprint density at radius 1 is 0.700 bits per heavy atom. The van der Waals surface area contributed by atoms with Crippen LogP contribution in [0.1, 0.15) is 26.3 Å². The molecule has 7 rings (SSSR count). The second-order valence-corrected chi connectivity index (χ2v) is 10.9.